The highest BCUT2D eigenvalue weighted by Gasteiger charge is 2.30. The molecule has 0 saturated carbocycles. The molecule has 22 heavy (non-hydrogen) atoms. The lowest BCUT2D eigenvalue weighted by Crippen LogP contribution is -2.35. The van der Waals surface area contributed by atoms with Crippen LogP contribution in [0.25, 0.3) is 11.1 Å². The molecule has 0 amide bonds. The lowest BCUT2D eigenvalue weighted by molar-refractivity contribution is -0.142. The molecule has 1 heterocycles. The fourth-order valence-corrected chi connectivity index (χ4v) is 2.96. The fraction of sp³-hybridized carbons (Fsp3) is 0.278. The van der Waals surface area contributed by atoms with Gasteiger partial charge in [-0.3, -0.25) is 9.69 Å². The Kier molecular flexibility index (Phi) is 5.58. The van der Waals surface area contributed by atoms with E-state index >= 15 is 0 Å². The number of likely N-dealkylation sites (tertiary alicyclic amines) is 1. The fourth-order valence-electron chi connectivity index (χ4n) is 2.96. The molecule has 0 bridgehead atoms. The summed E-state index contributed by atoms with van der Waals surface area (Å²) in [6.07, 6.45) is 1.73. The van der Waals surface area contributed by atoms with Crippen molar-refractivity contribution in [1.82, 2.24) is 4.90 Å². The number of hydrogen-bond acceptors (Lipinski definition) is 2. The molecular weight excluding hydrogens is 298 g/mol. The van der Waals surface area contributed by atoms with E-state index in [1.54, 1.807) is 0 Å². The number of nitrogens with zero attached hydrogens (tertiary/aromatic N) is 1. The molecule has 1 aliphatic rings. The number of halogens is 1. The zero-order chi connectivity index (χ0) is 14.7. The molecule has 0 aromatic heterocycles. The molecule has 4 heteroatoms. The van der Waals surface area contributed by atoms with Crippen LogP contribution in [0.3, 0.4) is 0 Å². The van der Waals surface area contributed by atoms with Gasteiger partial charge in [-0.2, -0.15) is 0 Å². The Hall–Kier alpha value is -1.84. The maximum atomic E-state index is 11.2. The first-order valence-electron chi connectivity index (χ1n) is 7.35. The molecule has 0 spiro atoms. The standard InChI is InChI=1S/C18H19NO2.ClH/c20-18(21)17-7-4-12-19(17)13-14-8-10-16(11-9-14)15-5-2-1-3-6-15;/h1-3,5-6,8-11,17H,4,7,12-13H2,(H,20,21);1H. The van der Waals surface area contributed by atoms with Gasteiger partial charge in [0, 0.05) is 6.54 Å². The molecule has 116 valence electrons. The summed E-state index contributed by atoms with van der Waals surface area (Å²) in [7, 11) is 0. The third-order valence-electron chi connectivity index (χ3n) is 4.10. The number of hydrogen-bond donors (Lipinski definition) is 1. The van der Waals surface area contributed by atoms with E-state index in [9.17, 15) is 9.90 Å². The second-order valence-corrected chi connectivity index (χ2v) is 5.53. The second kappa shape index (κ2) is 7.43. The Morgan fingerprint density at radius 1 is 1.05 bits per heavy atom. The minimum absolute atomic E-state index is 0. The van der Waals surface area contributed by atoms with Crippen molar-refractivity contribution in [2.45, 2.75) is 25.4 Å². The lowest BCUT2D eigenvalue weighted by atomic mass is 10.0. The molecule has 1 saturated heterocycles. The van der Waals surface area contributed by atoms with Gasteiger partial charge in [-0.25, -0.2) is 0 Å². The first-order valence-corrected chi connectivity index (χ1v) is 7.35. The zero-order valence-electron chi connectivity index (χ0n) is 12.3. The first kappa shape index (κ1) is 16.5. The van der Waals surface area contributed by atoms with Gasteiger partial charge in [0.25, 0.3) is 0 Å². The van der Waals surface area contributed by atoms with Gasteiger partial charge in [0.05, 0.1) is 0 Å². The van der Waals surface area contributed by atoms with Crippen LogP contribution in [0, 0.1) is 0 Å². The van der Waals surface area contributed by atoms with E-state index in [1.807, 2.05) is 18.2 Å². The van der Waals surface area contributed by atoms with Gasteiger partial charge >= 0.3 is 5.97 Å². The first-order chi connectivity index (χ1) is 10.2. The number of aliphatic carboxylic acids is 1. The Morgan fingerprint density at radius 3 is 2.32 bits per heavy atom. The van der Waals surface area contributed by atoms with Gasteiger partial charge in [-0.05, 0) is 36.1 Å². The van der Waals surface area contributed by atoms with Crippen molar-refractivity contribution in [2.24, 2.45) is 0 Å². The van der Waals surface area contributed by atoms with Gasteiger partial charge in [0.1, 0.15) is 6.04 Å². The van der Waals surface area contributed by atoms with Crippen LogP contribution in [-0.4, -0.2) is 28.6 Å². The number of benzene rings is 2. The van der Waals surface area contributed by atoms with Crippen LogP contribution in [0.15, 0.2) is 54.6 Å². The molecule has 1 aliphatic heterocycles. The van der Waals surface area contributed by atoms with E-state index in [4.69, 9.17) is 0 Å². The van der Waals surface area contributed by atoms with Gasteiger partial charge in [-0.15, -0.1) is 12.4 Å². The minimum atomic E-state index is -0.701. The number of carboxylic acids is 1. The Labute approximate surface area is 137 Å². The van der Waals surface area contributed by atoms with E-state index in [2.05, 4.69) is 41.3 Å². The number of carboxylic acid groups (broad SMARTS) is 1. The molecule has 2 aromatic rings. The molecule has 1 N–H and O–H groups in total. The normalized spacial score (nSPS) is 17.9. The average Bonchev–Trinajstić information content (AvgIpc) is 2.97. The van der Waals surface area contributed by atoms with Crippen LogP contribution in [0.4, 0.5) is 0 Å². The van der Waals surface area contributed by atoms with Crippen LogP contribution in [0.2, 0.25) is 0 Å². The van der Waals surface area contributed by atoms with Crippen LogP contribution in [-0.2, 0) is 11.3 Å². The van der Waals surface area contributed by atoms with Gasteiger partial charge in [0.15, 0.2) is 0 Å². The van der Waals surface area contributed by atoms with Gasteiger partial charge < -0.3 is 5.11 Å². The van der Waals surface area contributed by atoms with Crippen LogP contribution >= 0.6 is 12.4 Å². The summed E-state index contributed by atoms with van der Waals surface area (Å²) in [4.78, 5) is 13.3. The Bertz CT molecular complexity index is 613. The Balaban J connectivity index is 0.00000176. The van der Waals surface area contributed by atoms with Crippen molar-refractivity contribution < 1.29 is 9.90 Å². The largest absolute Gasteiger partial charge is 0.480 e. The summed E-state index contributed by atoms with van der Waals surface area (Å²) in [5.74, 6) is -0.701. The molecule has 0 aliphatic carbocycles. The molecule has 3 rings (SSSR count). The van der Waals surface area contributed by atoms with Crippen molar-refractivity contribution in [3.63, 3.8) is 0 Å². The highest BCUT2D eigenvalue weighted by molar-refractivity contribution is 5.85. The van der Waals surface area contributed by atoms with Crippen LogP contribution in [0.1, 0.15) is 18.4 Å². The molecule has 2 aromatic carbocycles. The quantitative estimate of drug-likeness (QED) is 0.931. The monoisotopic (exact) mass is 317 g/mol. The van der Waals surface area contributed by atoms with Gasteiger partial charge in [-0.1, -0.05) is 54.6 Å². The number of rotatable bonds is 4. The lowest BCUT2D eigenvalue weighted by Gasteiger charge is -2.21. The van der Waals surface area contributed by atoms with Crippen molar-refractivity contribution in [2.75, 3.05) is 6.54 Å². The highest BCUT2D eigenvalue weighted by atomic mass is 35.5. The van der Waals surface area contributed by atoms with Crippen molar-refractivity contribution in [1.29, 1.82) is 0 Å². The second-order valence-electron chi connectivity index (χ2n) is 5.53. The summed E-state index contributed by atoms with van der Waals surface area (Å²) >= 11 is 0. The van der Waals surface area contributed by atoms with E-state index in [1.165, 1.54) is 16.7 Å². The predicted molar refractivity (Wildman–Crippen MR) is 90.2 cm³/mol. The predicted octanol–water partition coefficient (Wildman–Crippen LogP) is 3.82. The molecule has 0 radical (unpaired) electrons. The maximum absolute atomic E-state index is 11.2. The van der Waals surface area contributed by atoms with E-state index in [0.717, 1.165) is 19.4 Å². The SMILES string of the molecule is Cl.O=C(O)C1CCCN1Cc1ccc(-c2ccccc2)cc1. The summed E-state index contributed by atoms with van der Waals surface area (Å²) in [5.41, 5.74) is 3.56. The van der Waals surface area contributed by atoms with Crippen molar-refractivity contribution >= 4 is 18.4 Å². The number of carbonyl (C=O) groups is 1. The maximum Gasteiger partial charge on any atom is 0.320 e. The highest BCUT2D eigenvalue weighted by Crippen LogP contribution is 2.23. The third-order valence-corrected chi connectivity index (χ3v) is 4.10. The topological polar surface area (TPSA) is 40.5 Å². The van der Waals surface area contributed by atoms with E-state index in [-0.39, 0.29) is 18.4 Å². The summed E-state index contributed by atoms with van der Waals surface area (Å²) in [5, 5.41) is 9.21. The smallest absolute Gasteiger partial charge is 0.320 e. The van der Waals surface area contributed by atoms with Crippen molar-refractivity contribution in [3.05, 3.63) is 60.2 Å². The summed E-state index contributed by atoms with van der Waals surface area (Å²) in [6, 6.07) is 18.4. The zero-order valence-corrected chi connectivity index (χ0v) is 13.1. The molecule has 3 nitrogen and oxygen atoms in total. The molecular formula is C18H20ClNO2. The molecule has 1 fully saturated rings. The summed E-state index contributed by atoms with van der Waals surface area (Å²) in [6.45, 7) is 1.59. The van der Waals surface area contributed by atoms with E-state index < -0.39 is 5.97 Å². The third kappa shape index (κ3) is 3.67. The minimum Gasteiger partial charge on any atom is -0.480 e. The van der Waals surface area contributed by atoms with Crippen molar-refractivity contribution in [3.8, 4) is 11.1 Å². The van der Waals surface area contributed by atoms with E-state index in [0.29, 0.717) is 6.54 Å². The van der Waals surface area contributed by atoms with Crippen LogP contribution < -0.4 is 0 Å². The summed E-state index contributed by atoms with van der Waals surface area (Å²) < 4.78 is 0. The molecule has 1 atom stereocenters. The van der Waals surface area contributed by atoms with Gasteiger partial charge in [0.2, 0.25) is 0 Å². The average molecular weight is 318 g/mol. The Morgan fingerprint density at radius 2 is 1.68 bits per heavy atom. The van der Waals surface area contributed by atoms with Crippen LogP contribution in [0.5, 0.6) is 0 Å². The molecule has 1 unspecified atom stereocenters.